The molecule has 0 spiro atoms. The van der Waals surface area contributed by atoms with Gasteiger partial charge in [0.2, 0.25) is 0 Å². The minimum absolute atomic E-state index is 0.305. The smallest absolute Gasteiger partial charge is 0.338 e. The van der Waals surface area contributed by atoms with E-state index in [0.29, 0.717) is 36.0 Å². The molecule has 0 amide bonds. The highest BCUT2D eigenvalue weighted by molar-refractivity contribution is 6.01. The lowest BCUT2D eigenvalue weighted by Gasteiger charge is -2.14. The maximum Gasteiger partial charge on any atom is 0.338 e. The normalized spacial score (nSPS) is 10.2. The van der Waals surface area contributed by atoms with Crippen LogP contribution in [0, 0.1) is 0 Å². The average Bonchev–Trinajstić information content (AvgIpc) is 2.58. The highest BCUT2D eigenvalue weighted by atomic mass is 16.5. The van der Waals surface area contributed by atoms with E-state index in [9.17, 15) is 4.79 Å². The van der Waals surface area contributed by atoms with Crippen molar-refractivity contribution in [1.82, 2.24) is 0 Å². The summed E-state index contributed by atoms with van der Waals surface area (Å²) in [6, 6.07) is 6.98. The predicted molar refractivity (Wildman–Crippen MR) is 88.7 cm³/mol. The molecule has 122 valence electrons. The maximum atomic E-state index is 12.1. The van der Waals surface area contributed by atoms with E-state index < -0.39 is 5.97 Å². The Morgan fingerprint density at radius 2 is 1.83 bits per heavy atom. The fraction of sp³-hybridized carbons (Fsp3) is 0.278. The van der Waals surface area contributed by atoms with E-state index in [0.717, 1.165) is 10.8 Å². The zero-order valence-corrected chi connectivity index (χ0v) is 13.5. The highest BCUT2D eigenvalue weighted by Crippen LogP contribution is 2.37. The largest absolute Gasteiger partial charge is 0.497 e. The molecule has 0 heterocycles. The predicted octanol–water partition coefficient (Wildman–Crippen LogP) is 3.60. The summed E-state index contributed by atoms with van der Waals surface area (Å²) in [4.78, 5) is 12.1. The summed E-state index contributed by atoms with van der Waals surface area (Å²) < 4.78 is 21.5. The second-order valence-electron chi connectivity index (χ2n) is 4.72. The first-order valence-corrected chi connectivity index (χ1v) is 7.25. The molecule has 2 aromatic carbocycles. The van der Waals surface area contributed by atoms with Crippen molar-refractivity contribution < 1.29 is 23.7 Å². The standard InChI is InChI=1S/C18H20O5/c1-5-7-23-17-9-12(18(19)22-6-2)8-14-15(17)10-13(20-3)11-16(14)21-4/h5,8-11H,1,6-7H2,2-4H3. The van der Waals surface area contributed by atoms with Gasteiger partial charge in [-0.05, 0) is 25.1 Å². The third-order valence-corrected chi connectivity index (χ3v) is 3.29. The van der Waals surface area contributed by atoms with Crippen molar-refractivity contribution in [2.75, 3.05) is 27.4 Å². The summed E-state index contributed by atoms with van der Waals surface area (Å²) in [6.07, 6.45) is 1.64. The van der Waals surface area contributed by atoms with Gasteiger partial charge in [0, 0.05) is 16.8 Å². The third kappa shape index (κ3) is 3.56. The van der Waals surface area contributed by atoms with Gasteiger partial charge in [0.05, 0.1) is 26.4 Å². The number of methoxy groups -OCH3 is 2. The quantitative estimate of drug-likeness (QED) is 0.577. The topological polar surface area (TPSA) is 54.0 Å². The molecule has 0 fully saturated rings. The lowest BCUT2D eigenvalue weighted by atomic mass is 10.0. The molecule has 0 unspecified atom stereocenters. The Balaban J connectivity index is 2.69. The second-order valence-corrected chi connectivity index (χ2v) is 4.72. The molecule has 23 heavy (non-hydrogen) atoms. The van der Waals surface area contributed by atoms with E-state index in [1.54, 1.807) is 45.4 Å². The van der Waals surface area contributed by atoms with E-state index >= 15 is 0 Å². The molecule has 0 aromatic heterocycles. The average molecular weight is 316 g/mol. The number of benzene rings is 2. The van der Waals surface area contributed by atoms with Crippen molar-refractivity contribution in [2.45, 2.75) is 6.92 Å². The summed E-state index contributed by atoms with van der Waals surface area (Å²) in [7, 11) is 3.15. The van der Waals surface area contributed by atoms with Crippen molar-refractivity contribution in [3.8, 4) is 17.2 Å². The minimum atomic E-state index is -0.407. The van der Waals surface area contributed by atoms with Crippen LogP contribution in [0.3, 0.4) is 0 Å². The zero-order chi connectivity index (χ0) is 16.8. The monoisotopic (exact) mass is 316 g/mol. The Kier molecular flexibility index (Phi) is 5.46. The van der Waals surface area contributed by atoms with Crippen LogP contribution in [0.2, 0.25) is 0 Å². The molecular weight excluding hydrogens is 296 g/mol. The maximum absolute atomic E-state index is 12.1. The molecule has 0 atom stereocenters. The summed E-state index contributed by atoms with van der Waals surface area (Å²) >= 11 is 0. The fourth-order valence-electron chi connectivity index (χ4n) is 2.26. The van der Waals surface area contributed by atoms with Gasteiger partial charge in [0.15, 0.2) is 0 Å². The van der Waals surface area contributed by atoms with Crippen LogP contribution in [0.5, 0.6) is 17.2 Å². The van der Waals surface area contributed by atoms with Gasteiger partial charge in [0.1, 0.15) is 23.9 Å². The molecule has 2 rings (SSSR count). The van der Waals surface area contributed by atoms with E-state index in [1.165, 1.54) is 0 Å². The Hall–Kier alpha value is -2.69. The number of hydrogen-bond donors (Lipinski definition) is 0. The second kappa shape index (κ2) is 7.54. The number of esters is 1. The number of rotatable bonds is 7. The Labute approximate surface area is 135 Å². The van der Waals surface area contributed by atoms with Crippen LogP contribution in [-0.4, -0.2) is 33.4 Å². The Morgan fingerprint density at radius 1 is 1.09 bits per heavy atom. The molecule has 0 N–H and O–H groups in total. The molecule has 0 bridgehead atoms. The van der Waals surface area contributed by atoms with E-state index in [4.69, 9.17) is 18.9 Å². The van der Waals surface area contributed by atoms with Crippen molar-refractivity contribution in [3.63, 3.8) is 0 Å². The summed E-state index contributed by atoms with van der Waals surface area (Å²) in [5.74, 6) is 1.37. The highest BCUT2D eigenvalue weighted by Gasteiger charge is 2.16. The van der Waals surface area contributed by atoms with Crippen molar-refractivity contribution in [3.05, 3.63) is 42.5 Å². The molecule has 0 aliphatic heterocycles. The molecular formula is C18H20O5. The van der Waals surface area contributed by atoms with Gasteiger partial charge in [-0.3, -0.25) is 0 Å². The van der Waals surface area contributed by atoms with Gasteiger partial charge in [-0.1, -0.05) is 12.7 Å². The number of carbonyl (C=O) groups is 1. The molecule has 0 aliphatic rings. The Morgan fingerprint density at radius 3 is 2.43 bits per heavy atom. The van der Waals surface area contributed by atoms with Gasteiger partial charge in [-0.15, -0.1) is 0 Å². The van der Waals surface area contributed by atoms with Crippen molar-refractivity contribution in [2.24, 2.45) is 0 Å². The lowest BCUT2D eigenvalue weighted by molar-refractivity contribution is 0.0526. The van der Waals surface area contributed by atoms with Crippen LogP contribution in [0.4, 0.5) is 0 Å². The summed E-state index contributed by atoms with van der Waals surface area (Å²) in [6.45, 7) is 6.03. The molecule has 0 radical (unpaired) electrons. The first-order chi connectivity index (χ1) is 11.1. The number of hydrogen-bond acceptors (Lipinski definition) is 5. The first kappa shape index (κ1) is 16.7. The third-order valence-electron chi connectivity index (χ3n) is 3.29. The van der Waals surface area contributed by atoms with Crippen LogP contribution < -0.4 is 14.2 Å². The molecule has 0 saturated carbocycles. The first-order valence-electron chi connectivity index (χ1n) is 7.25. The van der Waals surface area contributed by atoms with Gasteiger partial charge < -0.3 is 18.9 Å². The molecule has 5 heteroatoms. The Bertz CT molecular complexity index is 721. The molecule has 0 saturated heterocycles. The van der Waals surface area contributed by atoms with Crippen LogP contribution in [0.15, 0.2) is 36.9 Å². The van der Waals surface area contributed by atoms with Gasteiger partial charge in [-0.2, -0.15) is 0 Å². The van der Waals surface area contributed by atoms with Crippen LogP contribution >= 0.6 is 0 Å². The summed E-state index contributed by atoms with van der Waals surface area (Å²) in [5.41, 5.74) is 0.405. The van der Waals surface area contributed by atoms with Gasteiger partial charge >= 0.3 is 5.97 Å². The summed E-state index contributed by atoms with van der Waals surface area (Å²) in [5, 5.41) is 1.54. The van der Waals surface area contributed by atoms with E-state index in [-0.39, 0.29) is 0 Å². The molecule has 5 nitrogen and oxygen atoms in total. The molecule has 2 aromatic rings. The number of fused-ring (bicyclic) bond motifs is 1. The van der Waals surface area contributed by atoms with E-state index in [2.05, 4.69) is 6.58 Å². The lowest BCUT2D eigenvalue weighted by Crippen LogP contribution is -2.06. The minimum Gasteiger partial charge on any atom is -0.497 e. The van der Waals surface area contributed by atoms with E-state index in [1.807, 2.05) is 6.07 Å². The van der Waals surface area contributed by atoms with Crippen LogP contribution in [0.25, 0.3) is 10.8 Å². The van der Waals surface area contributed by atoms with Crippen LogP contribution in [-0.2, 0) is 4.74 Å². The fourth-order valence-corrected chi connectivity index (χ4v) is 2.26. The van der Waals surface area contributed by atoms with Crippen LogP contribution in [0.1, 0.15) is 17.3 Å². The van der Waals surface area contributed by atoms with Crippen molar-refractivity contribution in [1.29, 1.82) is 0 Å². The van der Waals surface area contributed by atoms with Crippen molar-refractivity contribution >= 4 is 16.7 Å². The zero-order valence-electron chi connectivity index (χ0n) is 13.5. The molecule has 0 aliphatic carbocycles. The van der Waals surface area contributed by atoms with Gasteiger partial charge in [0.25, 0.3) is 0 Å². The number of ether oxygens (including phenoxy) is 4. The SMILES string of the molecule is C=CCOc1cc(C(=O)OCC)cc2c(OC)cc(OC)cc12. The number of carbonyl (C=O) groups excluding carboxylic acids is 1. The van der Waals surface area contributed by atoms with Gasteiger partial charge in [-0.25, -0.2) is 4.79 Å².